The summed E-state index contributed by atoms with van der Waals surface area (Å²) < 4.78 is 5.21. The van der Waals surface area contributed by atoms with Crippen LogP contribution >= 0.6 is 0 Å². The first-order valence-corrected chi connectivity index (χ1v) is 9.43. The molecule has 0 aliphatic heterocycles. The molecule has 0 atom stereocenters. The van der Waals surface area contributed by atoms with Crippen LogP contribution in [0.15, 0.2) is 48.5 Å². The van der Waals surface area contributed by atoms with Crippen LogP contribution in [-0.4, -0.2) is 57.6 Å². The summed E-state index contributed by atoms with van der Waals surface area (Å²) in [7, 11) is 5.63. The van der Waals surface area contributed by atoms with Crippen molar-refractivity contribution in [2.24, 2.45) is 0 Å². The highest BCUT2D eigenvalue weighted by molar-refractivity contribution is 5.99. The van der Waals surface area contributed by atoms with Crippen molar-refractivity contribution >= 4 is 11.8 Å². The molecule has 0 radical (unpaired) electrons. The maximum Gasteiger partial charge on any atom is 0.251 e. The molecule has 150 valence electrons. The van der Waals surface area contributed by atoms with Crippen LogP contribution in [0, 0.1) is 0 Å². The van der Waals surface area contributed by atoms with Crippen molar-refractivity contribution in [3.8, 4) is 5.75 Å². The molecular formula is C22H29N3O3. The average Bonchev–Trinajstić information content (AvgIpc) is 2.71. The third kappa shape index (κ3) is 7.04. The lowest BCUT2D eigenvalue weighted by Gasteiger charge is -2.10. The summed E-state index contributed by atoms with van der Waals surface area (Å²) in [6, 6.07) is 14.5. The predicted molar refractivity (Wildman–Crippen MR) is 111 cm³/mol. The van der Waals surface area contributed by atoms with E-state index in [1.54, 1.807) is 31.4 Å². The van der Waals surface area contributed by atoms with Crippen molar-refractivity contribution in [3.63, 3.8) is 0 Å². The van der Waals surface area contributed by atoms with Crippen molar-refractivity contribution in [1.29, 1.82) is 0 Å². The summed E-state index contributed by atoms with van der Waals surface area (Å²) in [5.41, 5.74) is 2.06. The number of hydrogen-bond acceptors (Lipinski definition) is 4. The van der Waals surface area contributed by atoms with E-state index in [2.05, 4.69) is 15.5 Å². The average molecular weight is 383 g/mol. The van der Waals surface area contributed by atoms with Crippen molar-refractivity contribution in [2.75, 3.05) is 40.8 Å². The van der Waals surface area contributed by atoms with Crippen molar-refractivity contribution in [3.05, 3.63) is 65.2 Å². The number of methoxy groups -OCH3 is 1. The van der Waals surface area contributed by atoms with Gasteiger partial charge >= 0.3 is 0 Å². The topological polar surface area (TPSA) is 70.7 Å². The Hall–Kier alpha value is -2.86. The molecule has 2 rings (SSSR count). The number of ether oxygens (including phenoxy) is 1. The molecule has 2 N–H and O–H groups in total. The summed E-state index contributed by atoms with van der Waals surface area (Å²) >= 11 is 0. The van der Waals surface area contributed by atoms with Crippen LogP contribution in [0.2, 0.25) is 0 Å². The molecule has 6 heteroatoms. The molecule has 0 bridgehead atoms. The van der Waals surface area contributed by atoms with Gasteiger partial charge in [0.2, 0.25) is 0 Å². The zero-order chi connectivity index (χ0) is 20.4. The second kappa shape index (κ2) is 11.1. The van der Waals surface area contributed by atoms with E-state index in [9.17, 15) is 9.59 Å². The van der Waals surface area contributed by atoms with E-state index in [0.29, 0.717) is 30.6 Å². The second-order valence-electron chi connectivity index (χ2n) is 6.85. The number of hydrogen-bond donors (Lipinski definition) is 2. The van der Waals surface area contributed by atoms with Gasteiger partial charge in [-0.15, -0.1) is 0 Å². The van der Waals surface area contributed by atoms with E-state index in [1.165, 1.54) is 0 Å². The fraction of sp³-hybridized carbons (Fsp3) is 0.364. The van der Waals surface area contributed by atoms with E-state index >= 15 is 0 Å². The highest BCUT2D eigenvalue weighted by Crippen LogP contribution is 2.12. The maximum absolute atomic E-state index is 12.4. The third-order valence-electron chi connectivity index (χ3n) is 4.29. The molecule has 2 aromatic carbocycles. The number of nitrogens with zero attached hydrogens (tertiary/aromatic N) is 1. The molecule has 2 aromatic rings. The zero-order valence-electron chi connectivity index (χ0n) is 16.8. The molecule has 0 unspecified atom stereocenters. The molecule has 0 aliphatic rings. The Balaban J connectivity index is 1.84. The van der Waals surface area contributed by atoms with Crippen molar-refractivity contribution < 1.29 is 14.3 Å². The van der Waals surface area contributed by atoms with Gasteiger partial charge < -0.3 is 20.3 Å². The van der Waals surface area contributed by atoms with Crippen LogP contribution in [0.1, 0.15) is 32.7 Å². The van der Waals surface area contributed by atoms with Gasteiger partial charge in [-0.3, -0.25) is 9.59 Å². The van der Waals surface area contributed by atoms with Crippen molar-refractivity contribution in [2.45, 2.75) is 12.8 Å². The van der Waals surface area contributed by atoms with Gasteiger partial charge in [-0.1, -0.05) is 18.2 Å². The Kier molecular flexibility index (Phi) is 8.49. The van der Waals surface area contributed by atoms with Gasteiger partial charge in [-0.05, 0) is 69.4 Å². The predicted octanol–water partition coefficient (Wildman–Crippen LogP) is 2.35. The van der Waals surface area contributed by atoms with Gasteiger partial charge in [-0.25, -0.2) is 0 Å². The van der Waals surface area contributed by atoms with Gasteiger partial charge in [0.05, 0.1) is 7.11 Å². The monoisotopic (exact) mass is 383 g/mol. The largest absolute Gasteiger partial charge is 0.497 e. The van der Waals surface area contributed by atoms with Gasteiger partial charge in [0.25, 0.3) is 11.8 Å². The van der Waals surface area contributed by atoms with E-state index < -0.39 is 0 Å². The Morgan fingerprint density at radius 1 is 0.929 bits per heavy atom. The normalized spacial score (nSPS) is 10.6. The first-order valence-electron chi connectivity index (χ1n) is 9.43. The highest BCUT2D eigenvalue weighted by Gasteiger charge is 2.10. The Morgan fingerprint density at radius 3 is 2.21 bits per heavy atom. The first kappa shape index (κ1) is 21.4. The highest BCUT2D eigenvalue weighted by atomic mass is 16.5. The van der Waals surface area contributed by atoms with Crippen LogP contribution in [0.3, 0.4) is 0 Å². The lowest BCUT2D eigenvalue weighted by molar-refractivity contribution is 0.0952. The van der Waals surface area contributed by atoms with Crippen molar-refractivity contribution in [1.82, 2.24) is 15.5 Å². The van der Waals surface area contributed by atoms with Crippen LogP contribution in [0.4, 0.5) is 0 Å². The molecule has 0 aromatic heterocycles. The fourth-order valence-corrected chi connectivity index (χ4v) is 2.75. The molecule has 2 amide bonds. The minimum atomic E-state index is -0.190. The molecule has 0 aliphatic carbocycles. The number of carbonyl (C=O) groups excluding carboxylic acids is 2. The van der Waals surface area contributed by atoms with E-state index in [0.717, 1.165) is 24.3 Å². The lowest BCUT2D eigenvalue weighted by atomic mass is 10.1. The molecule has 0 spiro atoms. The fourth-order valence-electron chi connectivity index (χ4n) is 2.75. The van der Waals surface area contributed by atoms with Gasteiger partial charge in [0.1, 0.15) is 5.75 Å². The van der Waals surface area contributed by atoms with Gasteiger partial charge in [0, 0.05) is 24.2 Å². The minimum Gasteiger partial charge on any atom is -0.497 e. The number of benzene rings is 2. The molecule has 0 fully saturated rings. The standard InChI is InChI=1S/C22H29N3O3/c1-25(2)14-6-12-23-21(26)18-8-5-9-19(16-18)22(27)24-13-11-17-7-4-10-20(15-17)28-3/h4-5,7-10,15-16H,6,11-14H2,1-3H3,(H,23,26)(H,24,27). The molecular weight excluding hydrogens is 354 g/mol. The summed E-state index contributed by atoms with van der Waals surface area (Å²) in [6.45, 7) is 2.02. The maximum atomic E-state index is 12.4. The number of rotatable bonds is 10. The first-order chi connectivity index (χ1) is 13.5. The quantitative estimate of drug-likeness (QED) is 0.618. The Bertz CT molecular complexity index is 790. The molecule has 0 saturated heterocycles. The van der Waals surface area contributed by atoms with E-state index in [1.807, 2.05) is 38.4 Å². The van der Waals surface area contributed by atoms with E-state index in [4.69, 9.17) is 4.74 Å². The minimum absolute atomic E-state index is 0.162. The summed E-state index contributed by atoms with van der Waals surface area (Å²) in [5, 5.41) is 5.79. The number of nitrogens with one attached hydrogen (secondary N) is 2. The SMILES string of the molecule is COc1cccc(CCNC(=O)c2cccc(C(=O)NCCCN(C)C)c2)c1. The zero-order valence-corrected chi connectivity index (χ0v) is 16.8. The summed E-state index contributed by atoms with van der Waals surface area (Å²) in [6.07, 6.45) is 1.58. The third-order valence-corrected chi connectivity index (χ3v) is 4.29. The van der Waals surface area contributed by atoms with Crippen LogP contribution in [0.5, 0.6) is 5.75 Å². The molecule has 28 heavy (non-hydrogen) atoms. The lowest BCUT2D eigenvalue weighted by Crippen LogP contribution is -2.28. The van der Waals surface area contributed by atoms with Crippen LogP contribution in [-0.2, 0) is 6.42 Å². The van der Waals surface area contributed by atoms with Gasteiger partial charge in [-0.2, -0.15) is 0 Å². The molecule has 0 saturated carbocycles. The van der Waals surface area contributed by atoms with Crippen LogP contribution < -0.4 is 15.4 Å². The van der Waals surface area contributed by atoms with E-state index in [-0.39, 0.29) is 11.8 Å². The number of carbonyl (C=O) groups is 2. The Morgan fingerprint density at radius 2 is 1.57 bits per heavy atom. The summed E-state index contributed by atoms with van der Waals surface area (Å²) in [4.78, 5) is 26.7. The Labute approximate surface area is 166 Å². The van der Waals surface area contributed by atoms with Crippen LogP contribution in [0.25, 0.3) is 0 Å². The molecule has 6 nitrogen and oxygen atoms in total. The second-order valence-corrected chi connectivity index (χ2v) is 6.85. The van der Waals surface area contributed by atoms with Gasteiger partial charge in [0.15, 0.2) is 0 Å². The number of amides is 2. The molecule has 0 heterocycles. The smallest absolute Gasteiger partial charge is 0.251 e. The summed E-state index contributed by atoms with van der Waals surface area (Å²) in [5.74, 6) is 0.447.